The first kappa shape index (κ1) is 17.1. The molecule has 0 N–H and O–H groups in total. The summed E-state index contributed by atoms with van der Waals surface area (Å²) in [4.78, 5) is 18.9. The lowest BCUT2D eigenvalue weighted by molar-refractivity contribution is -0.352. The van der Waals surface area contributed by atoms with E-state index in [2.05, 4.69) is 9.97 Å². The van der Waals surface area contributed by atoms with E-state index in [4.69, 9.17) is 0 Å². The van der Waals surface area contributed by atoms with E-state index < -0.39 is 35.9 Å². The first-order chi connectivity index (χ1) is 10.5. The number of rotatable bonds is 4. The Balaban J connectivity index is 2.29. The Hall–Kier alpha value is -2.26. The number of Topliss-reactive ketones (excluding diaryl/α,β-unsaturated/α-hetero) is 1. The van der Waals surface area contributed by atoms with Crippen molar-refractivity contribution in [2.75, 3.05) is 0 Å². The van der Waals surface area contributed by atoms with Crippen LogP contribution in [0, 0.1) is 0 Å². The molecule has 0 fully saturated rings. The maximum absolute atomic E-state index is 13.2. The van der Waals surface area contributed by atoms with Gasteiger partial charge >= 0.3 is 18.0 Å². The molecule has 0 saturated carbocycles. The van der Waals surface area contributed by atoms with E-state index in [9.17, 15) is 35.5 Å². The molecule has 2 rings (SSSR count). The number of alkyl halides is 7. The quantitative estimate of drug-likeness (QED) is 0.623. The van der Waals surface area contributed by atoms with Gasteiger partial charge in [0, 0.05) is 0 Å². The number of fused-ring (bicyclic) bond motifs is 1. The molecule has 0 aliphatic heterocycles. The van der Waals surface area contributed by atoms with Crippen molar-refractivity contribution >= 4 is 16.8 Å². The molecule has 0 aliphatic carbocycles. The van der Waals surface area contributed by atoms with Crippen LogP contribution in [0.1, 0.15) is 16.9 Å². The topological polar surface area (TPSA) is 42.9 Å². The SMILES string of the molecule is O=C(CC(F)(F)C(F)(F)C(F)(F)F)c1cnc2ccccc2n1. The van der Waals surface area contributed by atoms with Crippen molar-refractivity contribution in [3.8, 4) is 0 Å². The standard InChI is InChI=1S/C13H7F7N2O/c14-11(15,12(16,17)13(18,19)20)5-10(23)9-6-21-7-3-1-2-4-8(7)22-9/h1-4,6H,5H2. The van der Waals surface area contributed by atoms with Crippen LogP contribution in [0.3, 0.4) is 0 Å². The molecular weight excluding hydrogens is 333 g/mol. The first-order valence-corrected chi connectivity index (χ1v) is 6.03. The number of benzene rings is 1. The van der Waals surface area contributed by atoms with Crippen molar-refractivity contribution in [3.05, 3.63) is 36.2 Å². The van der Waals surface area contributed by atoms with Gasteiger partial charge in [0.05, 0.1) is 23.7 Å². The summed E-state index contributed by atoms with van der Waals surface area (Å²) in [6.07, 6.45) is -8.08. The maximum atomic E-state index is 13.2. The van der Waals surface area contributed by atoms with Crippen molar-refractivity contribution < 1.29 is 35.5 Å². The van der Waals surface area contributed by atoms with Crippen molar-refractivity contribution in [1.82, 2.24) is 9.97 Å². The highest BCUT2D eigenvalue weighted by atomic mass is 19.4. The maximum Gasteiger partial charge on any atom is 0.459 e. The predicted octanol–water partition coefficient (Wildman–Crippen LogP) is 4.04. The van der Waals surface area contributed by atoms with E-state index in [1.807, 2.05) is 0 Å². The molecule has 2 aromatic rings. The van der Waals surface area contributed by atoms with Gasteiger partial charge in [-0.3, -0.25) is 9.78 Å². The van der Waals surface area contributed by atoms with Gasteiger partial charge in [-0.1, -0.05) is 12.1 Å². The molecule has 0 saturated heterocycles. The smallest absolute Gasteiger partial charge is 0.292 e. The van der Waals surface area contributed by atoms with Gasteiger partial charge < -0.3 is 0 Å². The van der Waals surface area contributed by atoms with Crippen LogP contribution in [-0.4, -0.2) is 33.8 Å². The third-order valence-electron chi connectivity index (χ3n) is 2.93. The van der Waals surface area contributed by atoms with Crippen LogP contribution in [0.15, 0.2) is 30.5 Å². The number of ketones is 1. The lowest BCUT2D eigenvalue weighted by Gasteiger charge is -2.27. The van der Waals surface area contributed by atoms with Gasteiger partial charge in [0.15, 0.2) is 5.78 Å². The summed E-state index contributed by atoms with van der Waals surface area (Å²) in [6, 6.07) is 5.94. The second kappa shape index (κ2) is 5.43. The molecule has 0 amide bonds. The zero-order valence-electron chi connectivity index (χ0n) is 11.0. The fraction of sp³-hybridized carbons (Fsp3) is 0.308. The van der Waals surface area contributed by atoms with Gasteiger partial charge in [-0.05, 0) is 12.1 Å². The van der Waals surface area contributed by atoms with Crippen LogP contribution in [0.25, 0.3) is 11.0 Å². The van der Waals surface area contributed by atoms with Gasteiger partial charge in [-0.25, -0.2) is 4.98 Å². The summed E-state index contributed by atoms with van der Waals surface area (Å²) >= 11 is 0. The Morgan fingerprint density at radius 2 is 1.52 bits per heavy atom. The number of nitrogens with zero attached hydrogens (tertiary/aromatic N) is 2. The molecule has 0 aliphatic rings. The summed E-state index contributed by atoms with van der Waals surface area (Å²) in [7, 11) is 0. The molecule has 1 aromatic heterocycles. The number of aromatic nitrogens is 2. The monoisotopic (exact) mass is 340 g/mol. The second-order valence-corrected chi connectivity index (χ2v) is 4.62. The minimum atomic E-state index is -6.48. The summed E-state index contributed by atoms with van der Waals surface area (Å²) in [6.45, 7) is 0. The van der Waals surface area contributed by atoms with Crippen LogP contribution < -0.4 is 0 Å². The van der Waals surface area contributed by atoms with Crippen LogP contribution in [0.2, 0.25) is 0 Å². The van der Waals surface area contributed by atoms with Crippen molar-refractivity contribution in [2.24, 2.45) is 0 Å². The zero-order valence-corrected chi connectivity index (χ0v) is 11.0. The average molecular weight is 340 g/mol. The van der Waals surface area contributed by atoms with Crippen LogP contribution in [0.5, 0.6) is 0 Å². The van der Waals surface area contributed by atoms with E-state index in [0.29, 0.717) is 5.52 Å². The fourth-order valence-electron chi connectivity index (χ4n) is 1.70. The molecule has 10 heteroatoms. The predicted molar refractivity (Wildman–Crippen MR) is 64.4 cm³/mol. The largest absolute Gasteiger partial charge is 0.459 e. The van der Waals surface area contributed by atoms with Crippen molar-refractivity contribution in [2.45, 2.75) is 24.4 Å². The van der Waals surface area contributed by atoms with Gasteiger partial charge in [-0.2, -0.15) is 30.7 Å². The molecule has 0 atom stereocenters. The minimum absolute atomic E-state index is 0.115. The number of carbonyl (C=O) groups is 1. The van der Waals surface area contributed by atoms with E-state index in [0.717, 1.165) is 6.20 Å². The minimum Gasteiger partial charge on any atom is -0.292 e. The van der Waals surface area contributed by atoms with Gasteiger partial charge in [0.2, 0.25) is 0 Å². The van der Waals surface area contributed by atoms with Gasteiger partial charge in [0.1, 0.15) is 5.69 Å². The molecule has 3 nitrogen and oxygen atoms in total. The highest BCUT2D eigenvalue weighted by molar-refractivity contribution is 5.96. The molecule has 124 valence electrons. The van der Waals surface area contributed by atoms with Crippen LogP contribution in [-0.2, 0) is 0 Å². The molecule has 0 spiro atoms. The van der Waals surface area contributed by atoms with Crippen LogP contribution >= 0.6 is 0 Å². The number of carbonyl (C=O) groups excluding carboxylic acids is 1. The van der Waals surface area contributed by atoms with E-state index in [1.54, 1.807) is 6.07 Å². The van der Waals surface area contributed by atoms with Gasteiger partial charge in [-0.15, -0.1) is 0 Å². The lowest BCUT2D eigenvalue weighted by Crippen LogP contribution is -2.52. The Morgan fingerprint density at radius 1 is 0.957 bits per heavy atom. The molecule has 1 heterocycles. The normalized spacial score (nSPS) is 13.3. The molecule has 0 unspecified atom stereocenters. The molecule has 0 bridgehead atoms. The summed E-state index contributed by atoms with van der Waals surface area (Å²) < 4.78 is 88.0. The van der Waals surface area contributed by atoms with Crippen molar-refractivity contribution in [1.29, 1.82) is 0 Å². The number of hydrogen-bond acceptors (Lipinski definition) is 3. The summed E-state index contributed by atoms with van der Waals surface area (Å²) in [5.41, 5.74) is -0.304. The average Bonchev–Trinajstić information content (AvgIpc) is 2.45. The number of halogens is 7. The lowest BCUT2D eigenvalue weighted by atomic mass is 10.0. The Bertz CT molecular complexity index is 742. The van der Waals surface area contributed by atoms with E-state index in [-0.39, 0.29) is 5.52 Å². The van der Waals surface area contributed by atoms with E-state index >= 15 is 0 Å². The third kappa shape index (κ3) is 3.10. The number of hydrogen-bond donors (Lipinski definition) is 0. The molecule has 1 aromatic carbocycles. The van der Waals surface area contributed by atoms with E-state index in [1.165, 1.54) is 18.2 Å². The summed E-state index contributed by atoms with van der Waals surface area (Å²) in [5, 5.41) is 0. The first-order valence-electron chi connectivity index (χ1n) is 6.03. The zero-order chi connectivity index (χ0) is 17.5. The molecular formula is C13H7F7N2O. The Kier molecular flexibility index (Phi) is 4.03. The van der Waals surface area contributed by atoms with Crippen molar-refractivity contribution in [3.63, 3.8) is 0 Å². The Morgan fingerprint density at radius 3 is 2.09 bits per heavy atom. The Labute approximate surface area is 124 Å². The molecule has 0 radical (unpaired) electrons. The van der Waals surface area contributed by atoms with Crippen LogP contribution in [0.4, 0.5) is 30.7 Å². The van der Waals surface area contributed by atoms with Gasteiger partial charge in [0.25, 0.3) is 0 Å². The third-order valence-corrected chi connectivity index (χ3v) is 2.93. The highest BCUT2D eigenvalue weighted by Gasteiger charge is 2.73. The number of para-hydroxylation sites is 2. The second-order valence-electron chi connectivity index (χ2n) is 4.62. The highest BCUT2D eigenvalue weighted by Crippen LogP contribution is 2.48. The molecule has 23 heavy (non-hydrogen) atoms. The fourth-order valence-corrected chi connectivity index (χ4v) is 1.70. The summed E-state index contributed by atoms with van der Waals surface area (Å²) in [5.74, 6) is -13.6.